The molecule has 0 radical (unpaired) electrons. The molecular formula is C25H29F. The largest absolute Gasteiger partial charge is 0.207 e. The third-order valence-electron chi connectivity index (χ3n) is 6.39. The summed E-state index contributed by atoms with van der Waals surface area (Å²) in [7, 11) is 0. The van der Waals surface area contributed by atoms with E-state index in [4.69, 9.17) is 0 Å². The third-order valence-corrected chi connectivity index (χ3v) is 6.39. The summed E-state index contributed by atoms with van der Waals surface area (Å²) in [5.41, 5.74) is 6.52. The normalized spacial score (nSPS) is 22.6. The van der Waals surface area contributed by atoms with Crippen LogP contribution in [-0.2, 0) is 6.42 Å². The Morgan fingerprint density at radius 3 is 2.42 bits per heavy atom. The van der Waals surface area contributed by atoms with Crippen LogP contribution in [-0.4, -0.2) is 0 Å². The van der Waals surface area contributed by atoms with Crippen molar-refractivity contribution in [3.8, 4) is 0 Å². The summed E-state index contributed by atoms with van der Waals surface area (Å²) in [6, 6.07) is 14.5. The summed E-state index contributed by atoms with van der Waals surface area (Å²) in [5, 5.41) is 0. The van der Waals surface area contributed by atoms with Gasteiger partial charge in [-0.3, -0.25) is 0 Å². The van der Waals surface area contributed by atoms with Crippen LogP contribution in [0.1, 0.15) is 80.0 Å². The zero-order valence-electron chi connectivity index (χ0n) is 15.8. The molecule has 0 heterocycles. The maximum absolute atomic E-state index is 13.4. The van der Waals surface area contributed by atoms with Gasteiger partial charge in [0.1, 0.15) is 5.82 Å². The van der Waals surface area contributed by atoms with Crippen LogP contribution in [0.4, 0.5) is 4.39 Å². The Kier molecular flexibility index (Phi) is 5.24. The highest BCUT2D eigenvalue weighted by Crippen LogP contribution is 2.38. The minimum atomic E-state index is -0.126. The second-order valence-electron chi connectivity index (χ2n) is 8.14. The second kappa shape index (κ2) is 7.78. The van der Waals surface area contributed by atoms with Gasteiger partial charge in [0.25, 0.3) is 0 Å². The number of hydrogen-bond acceptors (Lipinski definition) is 0. The Morgan fingerprint density at radius 2 is 1.69 bits per heavy atom. The number of aryl methyl sites for hydroxylation is 1. The molecule has 1 fully saturated rings. The molecule has 2 aromatic carbocycles. The van der Waals surface area contributed by atoms with Crippen LogP contribution in [0.15, 0.2) is 42.5 Å². The van der Waals surface area contributed by atoms with E-state index in [0.717, 1.165) is 30.2 Å². The van der Waals surface area contributed by atoms with Gasteiger partial charge in [-0.15, -0.1) is 0 Å². The summed E-state index contributed by atoms with van der Waals surface area (Å²) in [4.78, 5) is 0. The molecule has 4 rings (SSSR count). The average Bonchev–Trinajstić information content (AvgIpc) is 2.69. The van der Waals surface area contributed by atoms with E-state index in [-0.39, 0.29) is 5.82 Å². The maximum Gasteiger partial charge on any atom is 0.123 e. The van der Waals surface area contributed by atoms with Crippen molar-refractivity contribution >= 4 is 11.6 Å². The van der Waals surface area contributed by atoms with Gasteiger partial charge in [0.15, 0.2) is 0 Å². The Bertz CT molecular complexity index is 776. The first-order chi connectivity index (χ1) is 12.7. The van der Waals surface area contributed by atoms with Crippen molar-refractivity contribution in [3.63, 3.8) is 0 Å². The fourth-order valence-electron chi connectivity index (χ4n) is 4.85. The molecule has 136 valence electrons. The van der Waals surface area contributed by atoms with Gasteiger partial charge in [0, 0.05) is 0 Å². The van der Waals surface area contributed by atoms with Crippen LogP contribution in [0, 0.1) is 11.7 Å². The third kappa shape index (κ3) is 3.77. The Balaban J connectivity index is 1.46. The molecule has 0 spiro atoms. The second-order valence-corrected chi connectivity index (χ2v) is 8.14. The molecule has 0 bridgehead atoms. The molecule has 1 saturated carbocycles. The molecule has 0 aliphatic heterocycles. The molecule has 0 nitrogen and oxygen atoms in total. The van der Waals surface area contributed by atoms with E-state index in [0.29, 0.717) is 0 Å². The van der Waals surface area contributed by atoms with E-state index < -0.39 is 0 Å². The van der Waals surface area contributed by atoms with E-state index in [1.165, 1.54) is 60.8 Å². The van der Waals surface area contributed by atoms with E-state index in [2.05, 4.69) is 37.3 Å². The standard InChI is InChI=1S/C25H29F/c1-2-3-18-4-6-19(7-5-18)20-8-10-21(11-9-20)22-12-13-24-17-25(26)15-14-23(24)16-22/h8-11,14-19H,2-7,12-13H2,1H3. The molecule has 0 amide bonds. The minimum Gasteiger partial charge on any atom is -0.207 e. The van der Waals surface area contributed by atoms with Gasteiger partial charge in [-0.1, -0.05) is 56.2 Å². The highest BCUT2D eigenvalue weighted by Gasteiger charge is 2.22. The molecule has 2 aliphatic rings. The van der Waals surface area contributed by atoms with E-state index in [1.807, 2.05) is 6.07 Å². The molecule has 0 atom stereocenters. The Hall–Kier alpha value is -1.89. The fourth-order valence-corrected chi connectivity index (χ4v) is 4.85. The van der Waals surface area contributed by atoms with Gasteiger partial charge in [-0.2, -0.15) is 0 Å². The number of halogens is 1. The van der Waals surface area contributed by atoms with Gasteiger partial charge in [0.05, 0.1) is 0 Å². The van der Waals surface area contributed by atoms with Gasteiger partial charge >= 0.3 is 0 Å². The van der Waals surface area contributed by atoms with Crippen LogP contribution < -0.4 is 0 Å². The molecular weight excluding hydrogens is 319 g/mol. The predicted octanol–water partition coefficient (Wildman–Crippen LogP) is 7.39. The van der Waals surface area contributed by atoms with Gasteiger partial charge in [-0.25, -0.2) is 4.39 Å². The molecule has 26 heavy (non-hydrogen) atoms. The molecule has 0 unspecified atom stereocenters. The molecule has 1 heteroatoms. The maximum atomic E-state index is 13.4. The average molecular weight is 349 g/mol. The predicted molar refractivity (Wildman–Crippen MR) is 109 cm³/mol. The summed E-state index contributed by atoms with van der Waals surface area (Å²) < 4.78 is 13.4. The van der Waals surface area contributed by atoms with Gasteiger partial charge in [-0.05, 0) is 90.3 Å². The number of allylic oxidation sites excluding steroid dienone is 1. The van der Waals surface area contributed by atoms with Crippen molar-refractivity contribution in [2.45, 2.75) is 64.2 Å². The van der Waals surface area contributed by atoms with Crippen LogP contribution in [0.5, 0.6) is 0 Å². The van der Waals surface area contributed by atoms with E-state index >= 15 is 0 Å². The SMILES string of the molecule is CCCC1CCC(c2ccc(C3=Cc4ccc(F)cc4CC3)cc2)CC1. The number of rotatable bonds is 4. The number of benzene rings is 2. The Labute approximate surface area is 157 Å². The smallest absolute Gasteiger partial charge is 0.123 e. The van der Waals surface area contributed by atoms with Crippen molar-refractivity contribution in [2.75, 3.05) is 0 Å². The highest BCUT2D eigenvalue weighted by molar-refractivity contribution is 5.84. The zero-order valence-corrected chi connectivity index (χ0v) is 15.8. The fraction of sp³-hybridized carbons (Fsp3) is 0.440. The van der Waals surface area contributed by atoms with E-state index in [1.54, 1.807) is 12.1 Å². The van der Waals surface area contributed by atoms with Crippen molar-refractivity contribution in [1.29, 1.82) is 0 Å². The molecule has 0 N–H and O–H groups in total. The number of fused-ring (bicyclic) bond motifs is 1. The van der Waals surface area contributed by atoms with Crippen LogP contribution in [0.2, 0.25) is 0 Å². The first kappa shape index (κ1) is 17.5. The lowest BCUT2D eigenvalue weighted by Gasteiger charge is -2.28. The van der Waals surface area contributed by atoms with E-state index in [9.17, 15) is 4.39 Å². The summed E-state index contributed by atoms with van der Waals surface area (Å²) in [6.45, 7) is 2.31. The first-order valence-electron chi connectivity index (χ1n) is 10.3. The van der Waals surface area contributed by atoms with Gasteiger partial charge in [0.2, 0.25) is 0 Å². The molecule has 2 aliphatic carbocycles. The highest BCUT2D eigenvalue weighted by atomic mass is 19.1. The molecule has 0 aromatic heterocycles. The van der Waals surface area contributed by atoms with Crippen molar-refractivity contribution in [3.05, 3.63) is 70.5 Å². The molecule has 0 saturated heterocycles. The molecule has 2 aromatic rings. The topological polar surface area (TPSA) is 0 Å². The van der Waals surface area contributed by atoms with Crippen LogP contribution in [0.3, 0.4) is 0 Å². The number of hydrogen-bond donors (Lipinski definition) is 0. The lowest BCUT2D eigenvalue weighted by atomic mass is 9.77. The quantitative estimate of drug-likeness (QED) is 0.540. The first-order valence-corrected chi connectivity index (χ1v) is 10.3. The van der Waals surface area contributed by atoms with Crippen molar-refractivity contribution < 1.29 is 4.39 Å². The van der Waals surface area contributed by atoms with Gasteiger partial charge < -0.3 is 0 Å². The lowest BCUT2D eigenvalue weighted by molar-refractivity contribution is 0.308. The Morgan fingerprint density at radius 1 is 0.923 bits per heavy atom. The summed E-state index contributed by atoms with van der Waals surface area (Å²) in [5.74, 6) is 1.59. The summed E-state index contributed by atoms with van der Waals surface area (Å²) in [6.07, 6.45) is 12.4. The monoisotopic (exact) mass is 348 g/mol. The minimum absolute atomic E-state index is 0.126. The van der Waals surface area contributed by atoms with Crippen LogP contribution in [0.25, 0.3) is 11.6 Å². The van der Waals surface area contributed by atoms with Crippen LogP contribution >= 0.6 is 0 Å². The van der Waals surface area contributed by atoms with Crippen molar-refractivity contribution in [2.24, 2.45) is 5.92 Å². The summed E-state index contributed by atoms with van der Waals surface area (Å²) >= 11 is 0. The zero-order chi connectivity index (χ0) is 17.9. The lowest BCUT2D eigenvalue weighted by Crippen LogP contribution is -2.13. The van der Waals surface area contributed by atoms with Crippen molar-refractivity contribution in [1.82, 2.24) is 0 Å².